The molecule has 0 saturated carbocycles. The number of rotatable bonds is 7. The summed E-state index contributed by atoms with van der Waals surface area (Å²) in [6, 6.07) is 4.50. The number of nitrogens with two attached hydrogens (primary N) is 1. The standard InChI is InChI=1S/C25H23F6N3O3S2/c26-18-12-20(28)19(27)10-15(18)9-17(32)11-22(35)34-24(5-7-39(36,37)8-6-24)23-33-21(13-38-23)14-1-3-16(4-2-14)25(29,30)31/h1-4,10,12-13,17H,5-9,11,32H2,(H,34,35)/t17-/m1/s1. The second-order valence-corrected chi connectivity index (χ2v) is 12.6. The molecular weight excluding hydrogens is 568 g/mol. The number of hydrogen-bond acceptors (Lipinski definition) is 6. The van der Waals surface area contributed by atoms with Gasteiger partial charge in [-0.2, -0.15) is 13.2 Å². The van der Waals surface area contributed by atoms with Gasteiger partial charge in [0.05, 0.1) is 28.3 Å². The molecule has 6 nitrogen and oxygen atoms in total. The summed E-state index contributed by atoms with van der Waals surface area (Å²) in [6.45, 7) is 0. The number of nitrogens with zero attached hydrogens (tertiary/aromatic N) is 1. The Morgan fingerprint density at radius 1 is 1.05 bits per heavy atom. The minimum Gasteiger partial charge on any atom is -0.344 e. The molecule has 210 valence electrons. The molecule has 1 amide bonds. The number of sulfone groups is 1. The lowest BCUT2D eigenvalue weighted by atomic mass is 9.92. The van der Waals surface area contributed by atoms with Crippen LogP contribution in [0, 0.1) is 17.5 Å². The number of halogens is 6. The van der Waals surface area contributed by atoms with Crippen LogP contribution in [0.4, 0.5) is 26.3 Å². The van der Waals surface area contributed by atoms with Crippen LogP contribution in [0.1, 0.15) is 35.4 Å². The van der Waals surface area contributed by atoms with Crippen molar-refractivity contribution in [2.75, 3.05) is 11.5 Å². The summed E-state index contributed by atoms with van der Waals surface area (Å²) in [5, 5.41) is 4.80. The first-order valence-corrected chi connectivity index (χ1v) is 14.4. The van der Waals surface area contributed by atoms with Gasteiger partial charge in [0.15, 0.2) is 21.5 Å². The lowest BCUT2D eigenvalue weighted by molar-refractivity contribution is -0.137. The second kappa shape index (κ2) is 10.9. The predicted molar refractivity (Wildman–Crippen MR) is 133 cm³/mol. The van der Waals surface area contributed by atoms with E-state index in [1.165, 1.54) is 12.1 Å². The lowest BCUT2D eigenvalue weighted by Crippen LogP contribution is -2.51. The molecule has 0 bridgehead atoms. The van der Waals surface area contributed by atoms with Crippen LogP contribution in [-0.4, -0.2) is 36.9 Å². The minimum absolute atomic E-state index is 0.00801. The first kappa shape index (κ1) is 29.0. The summed E-state index contributed by atoms with van der Waals surface area (Å²) in [4.78, 5) is 17.5. The predicted octanol–water partition coefficient (Wildman–Crippen LogP) is 4.73. The number of carbonyl (C=O) groups excluding carboxylic acids is 1. The van der Waals surface area contributed by atoms with Crippen molar-refractivity contribution in [3.63, 3.8) is 0 Å². The number of thiazole rings is 1. The summed E-state index contributed by atoms with van der Waals surface area (Å²) in [6.07, 6.45) is -5.06. The van der Waals surface area contributed by atoms with Gasteiger partial charge in [0, 0.05) is 29.5 Å². The molecule has 1 aliphatic rings. The monoisotopic (exact) mass is 591 g/mol. The van der Waals surface area contributed by atoms with Crippen LogP contribution in [0.2, 0.25) is 0 Å². The molecule has 1 aliphatic heterocycles. The molecule has 14 heteroatoms. The number of amides is 1. The average Bonchev–Trinajstić information content (AvgIpc) is 3.35. The molecule has 2 heterocycles. The van der Waals surface area contributed by atoms with E-state index in [0.29, 0.717) is 28.4 Å². The van der Waals surface area contributed by atoms with Crippen LogP contribution in [-0.2, 0) is 32.8 Å². The summed E-state index contributed by atoms with van der Waals surface area (Å²) in [5.41, 5.74) is 4.56. The van der Waals surface area contributed by atoms with Crippen molar-refractivity contribution in [1.82, 2.24) is 10.3 Å². The van der Waals surface area contributed by atoms with E-state index in [9.17, 15) is 39.6 Å². The molecule has 2 aromatic carbocycles. The van der Waals surface area contributed by atoms with E-state index in [4.69, 9.17) is 5.73 Å². The maximum absolute atomic E-state index is 14.0. The summed E-state index contributed by atoms with van der Waals surface area (Å²) < 4.78 is 104. The third kappa shape index (κ3) is 6.79. The summed E-state index contributed by atoms with van der Waals surface area (Å²) >= 11 is 1.13. The molecule has 0 unspecified atom stereocenters. The van der Waals surface area contributed by atoms with Crippen molar-refractivity contribution in [2.24, 2.45) is 5.73 Å². The molecule has 3 aromatic rings. The lowest BCUT2D eigenvalue weighted by Gasteiger charge is -2.36. The molecule has 1 saturated heterocycles. The van der Waals surface area contributed by atoms with E-state index in [-0.39, 0.29) is 42.8 Å². The zero-order valence-corrected chi connectivity index (χ0v) is 21.8. The third-order valence-electron chi connectivity index (χ3n) is 6.50. The highest BCUT2D eigenvalue weighted by atomic mass is 32.2. The van der Waals surface area contributed by atoms with Crippen molar-refractivity contribution < 1.29 is 39.6 Å². The van der Waals surface area contributed by atoms with Crippen LogP contribution in [0.15, 0.2) is 41.8 Å². The van der Waals surface area contributed by atoms with Gasteiger partial charge in [-0.15, -0.1) is 11.3 Å². The largest absolute Gasteiger partial charge is 0.416 e. The Morgan fingerprint density at radius 2 is 1.67 bits per heavy atom. The fraction of sp³-hybridized carbons (Fsp3) is 0.360. The van der Waals surface area contributed by atoms with Gasteiger partial charge in [-0.1, -0.05) is 12.1 Å². The van der Waals surface area contributed by atoms with Gasteiger partial charge in [0.25, 0.3) is 0 Å². The zero-order chi connectivity index (χ0) is 28.6. The molecule has 0 spiro atoms. The number of nitrogens with one attached hydrogen (secondary N) is 1. The van der Waals surface area contributed by atoms with Crippen molar-refractivity contribution in [2.45, 2.75) is 43.4 Å². The first-order chi connectivity index (χ1) is 18.2. The van der Waals surface area contributed by atoms with Crippen molar-refractivity contribution >= 4 is 27.1 Å². The van der Waals surface area contributed by atoms with E-state index >= 15 is 0 Å². The number of benzene rings is 2. The normalized spacial score (nSPS) is 17.5. The van der Waals surface area contributed by atoms with E-state index in [0.717, 1.165) is 23.5 Å². The minimum atomic E-state index is -4.49. The Bertz CT molecular complexity index is 1460. The Kier molecular flexibility index (Phi) is 8.11. The number of aromatic nitrogens is 1. The van der Waals surface area contributed by atoms with Gasteiger partial charge < -0.3 is 11.1 Å². The average molecular weight is 592 g/mol. The third-order valence-corrected chi connectivity index (χ3v) is 9.20. The molecule has 0 aliphatic carbocycles. The van der Waals surface area contributed by atoms with Crippen molar-refractivity contribution in [3.05, 3.63) is 75.4 Å². The molecule has 4 rings (SSSR count). The number of hydrogen-bond donors (Lipinski definition) is 2. The van der Waals surface area contributed by atoms with Gasteiger partial charge in [0.2, 0.25) is 5.91 Å². The first-order valence-electron chi connectivity index (χ1n) is 11.7. The van der Waals surface area contributed by atoms with Gasteiger partial charge in [-0.05, 0) is 43.0 Å². The molecule has 1 aromatic heterocycles. The Hall–Kier alpha value is -2.97. The van der Waals surface area contributed by atoms with Gasteiger partial charge in [0.1, 0.15) is 10.8 Å². The van der Waals surface area contributed by atoms with Gasteiger partial charge in [-0.3, -0.25) is 4.79 Å². The SMILES string of the molecule is N[C@@H](CC(=O)NC1(c2nc(-c3ccc(C(F)(F)F)cc3)cs2)CCS(=O)(=O)CC1)Cc1cc(F)c(F)cc1F. The second-order valence-electron chi connectivity index (χ2n) is 9.42. The molecule has 3 N–H and O–H groups in total. The highest BCUT2D eigenvalue weighted by Gasteiger charge is 2.42. The number of alkyl halides is 3. The Morgan fingerprint density at radius 3 is 2.28 bits per heavy atom. The quantitative estimate of drug-likeness (QED) is 0.306. The zero-order valence-electron chi connectivity index (χ0n) is 20.2. The van der Waals surface area contributed by atoms with Crippen LogP contribution < -0.4 is 11.1 Å². The maximum Gasteiger partial charge on any atom is 0.416 e. The molecule has 1 atom stereocenters. The van der Waals surface area contributed by atoms with E-state index < -0.39 is 56.5 Å². The van der Waals surface area contributed by atoms with Crippen LogP contribution in [0.25, 0.3) is 11.3 Å². The van der Waals surface area contributed by atoms with Gasteiger partial charge >= 0.3 is 6.18 Å². The maximum atomic E-state index is 14.0. The van der Waals surface area contributed by atoms with Crippen LogP contribution >= 0.6 is 11.3 Å². The Balaban J connectivity index is 1.53. The Labute approximate surface area is 224 Å². The summed E-state index contributed by atoms with van der Waals surface area (Å²) in [7, 11) is -3.35. The summed E-state index contributed by atoms with van der Waals surface area (Å²) in [5.74, 6) is -4.65. The topological polar surface area (TPSA) is 102 Å². The smallest absolute Gasteiger partial charge is 0.344 e. The van der Waals surface area contributed by atoms with Gasteiger partial charge in [-0.25, -0.2) is 26.6 Å². The van der Waals surface area contributed by atoms with Crippen LogP contribution in [0.3, 0.4) is 0 Å². The fourth-order valence-electron chi connectivity index (χ4n) is 4.37. The van der Waals surface area contributed by atoms with Crippen molar-refractivity contribution in [3.8, 4) is 11.3 Å². The van der Waals surface area contributed by atoms with Crippen molar-refractivity contribution in [1.29, 1.82) is 0 Å². The van der Waals surface area contributed by atoms with E-state index in [1.807, 2.05) is 0 Å². The fourth-order valence-corrected chi connectivity index (χ4v) is 6.93. The van der Waals surface area contributed by atoms with E-state index in [2.05, 4.69) is 10.3 Å². The van der Waals surface area contributed by atoms with E-state index in [1.54, 1.807) is 5.38 Å². The molecule has 39 heavy (non-hydrogen) atoms. The molecular formula is C25H23F6N3O3S2. The highest BCUT2D eigenvalue weighted by molar-refractivity contribution is 7.91. The highest BCUT2D eigenvalue weighted by Crippen LogP contribution is 2.38. The van der Waals surface area contributed by atoms with Crippen LogP contribution in [0.5, 0.6) is 0 Å². The molecule has 0 radical (unpaired) electrons. The number of carbonyl (C=O) groups is 1. The molecule has 1 fully saturated rings.